The van der Waals surface area contributed by atoms with Crippen molar-refractivity contribution in [3.63, 3.8) is 0 Å². The van der Waals surface area contributed by atoms with Gasteiger partial charge in [-0.2, -0.15) is 0 Å². The molecule has 1 heterocycles. The van der Waals surface area contributed by atoms with Gasteiger partial charge >= 0.3 is 5.97 Å². The van der Waals surface area contributed by atoms with Crippen LogP contribution in [0.1, 0.15) is 84.3 Å². The number of carbonyl (C=O) groups excluding carboxylic acids is 7. The Kier molecular flexibility index (Phi) is 18.4. The van der Waals surface area contributed by atoms with E-state index in [2.05, 4.69) is 31.9 Å². The van der Waals surface area contributed by atoms with E-state index in [1.165, 1.54) is 12.1 Å². The number of hydrogen-bond donors (Lipinski definition) is 10. The smallest absolute Gasteiger partial charge is 0.305 e. The fourth-order valence-electron chi connectivity index (χ4n) is 6.37. The molecule has 334 valence electrons. The molecule has 0 aromatic heterocycles. The summed E-state index contributed by atoms with van der Waals surface area (Å²) in [5.74, 6) is -8.00. The lowest BCUT2D eigenvalue weighted by Crippen LogP contribution is -2.65. The molecule has 0 radical (unpaired) electrons. The number of unbranched alkanes of at least 4 members (excludes halogenated alkanes) is 1. The molecule has 61 heavy (non-hydrogen) atoms. The number of aliphatic carboxylic acids is 1. The lowest BCUT2D eigenvalue weighted by Gasteiger charge is -2.40. The van der Waals surface area contributed by atoms with Gasteiger partial charge in [0.15, 0.2) is 0 Å². The first kappa shape index (κ1) is 50.0. The van der Waals surface area contributed by atoms with Crippen molar-refractivity contribution in [3.05, 3.63) is 65.7 Å². The summed E-state index contributed by atoms with van der Waals surface area (Å²) in [6.07, 6.45) is 0.446. The molecule has 20 heteroatoms. The Labute approximate surface area is 363 Å². The number of phenols is 1. The quantitative estimate of drug-likeness (QED) is 0.104. The third kappa shape index (κ3) is 15.0. The number of carboxylic acids is 1. The summed E-state index contributed by atoms with van der Waals surface area (Å²) in [4.78, 5) is 108. The second-order valence-corrected chi connectivity index (χ2v) is 19.4. The maximum atomic E-state index is 14.6. The minimum absolute atomic E-state index is 0.0243. The zero-order valence-corrected chi connectivity index (χ0v) is 36.7. The van der Waals surface area contributed by atoms with E-state index in [0.717, 1.165) is 21.6 Å². The number of aromatic hydroxyl groups is 1. The highest BCUT2D eigenvalue weighted by molar-refractivity contribution is 8.77. The van der Waals surface area contributed by atoms with Gasteiger partial charge in [-0.25, -0.2) is 0 Å². The second kappa shape index (κ2) is 22.5. The predicted molar refractivity (Wildman–Crippen MR) is 232 cm³/mol. The number of phenolic OH excluding ortho intramolecular Hbond substituents is 1. The minimum atomic E-state index is -1.75. The molecule has 0 saturated carbocycles. The largest absolute Gasteiger partial charge is 0.508 e. The van der Waals surface area contributed by atoms with Crippen molar-refractivity contribution in [1.29, 1.82) is 0 Å². The first-order chi connectivity index (χ1) is 28.6. The maximum Gasteiger partial charge on any atom is 0.305 e. The van der Waals surface area contributed by atoms with E-state index in [9.17, 15) is 48.6 Å². The molecular formula is C41H58N8O10S2. The summed E-state index contributed by atoms with van der Waals surface area (Å²) in [6.45, 7) is 9.58. The summed E-state index contributed by atoms with van der Waals surface area (Å²) in [5.41, 5.74) is 12.8. The van der Waals surface area contributed by atoms with Crippen LogP contribution in [0.4, 0.5) is 0 Å². The van der Waals surface area contributed by atoms with E-state index >= 15 is 0 Å². The molecule has 2 aromatic rings. The summed E-state index contributed by atoms with van der Waals surface area (Å²) >= 11 is 0. The third-order valence-corrected chi connectivity index (χ3v) is 14.3. The Morgan fingerprint density at radius 2 is 1.48 bits per heavy atom. The molecule has 3 rings (SSSR count). The van der Waals surface area contributed by atoms with Crippen LogP contribution in [-0.4, -0.2) is 110 Å². The first-order valence-electron chi connectivity index (χ1n) is 19.8. The van der Waals surface area contributed by atoms with Crippen LogP contribution >= 0.6 is 21.6 Å². The molecule has 1 aliphatic rings. The van der Waals surface area contributed by atoms with Crippen LogP contribution in [0.15, 0.2) is 54.6 Å². The van der Waals surface area contributed by atoms with Gasteiger partial charge in [-0.1, -0.05) is 90.7 Å². The minimum Gasteiger partial charge on any atom is -0.508 e. The summed E-state index contributed by atoms with van der Waals surface area (Å²) in [7, 11) is 2.16. The Morgan fingerprint density at radius 3 is 2.07 bits per heavy atom. The Bertz CT molecular complexity index is 1900. The van der Waals surface area contributed by atoms with E-state index in [0.29, 0.717) is 24.0 Å². The molecule has 7 amide bonds. The van der Waals surface area contributed by atoms with Crippen molar-refractivity contribution in [2.24, 2.45) is 11.5 Å². The van der Waals surface area contributed by atoms with Gasteiger partial charge in [-0.15, -0.1) is 0 Å². The monoisotopic (exact) mass is 886 g/mol. The Morgan fingerprint density at radius 1 is 0.852 bits per heavy atom. The van der Waals surface area contributed by atoms with E-state index < -0.39 is 112 Å². The standard InChI is InChI=1S/C41H58N8O10S2/c1-7-8-14-27(35(55)44-21-29(43)51)45-38(58)32-40(3,4)60-61-41(5,6)33(48-34(54)26(42)19-23-15-17-25(50)18-16-23)39(59)47-31(22(2)24-12-10-9-11-13-24)37(57)46-28(20-30(52)53)36(56)49-32/h9-13,15-18,22,26-28,31-33,50H,7-8,14,19-21,42H2,1-6H3,(H2,43,51)(H,44,55)(H,45,58)(H,46,57)(H,47,59)(H,48,54)(H,49,56)(H,52,53)/t22-,26+,27+,28+,31-,32?,33+/m1/s1. The number of amides is 7. The molecule has 7 atom stereocenters. The number of hydrogen-bond acceptors (Lipinski definition) is 12. The number of nitrogens with one attached hydrogen (secondary N) is 6. The van der Waals surface area contributed by atoms with Gasteiger partial charge in [0.05, 0.1) is 19.0 Å². The predicted octanol–water partition coefficient (Wildman–Crippen LogP) is 0.708. The third-order valence-electron chi connectivity index (χ3n) is 10.0. The van der Waals surface area contributed by atoms with Gasteiger partial charge in [0.2, 0.25) is 41.4 Å². The molecule has 18 nitrogen and oxygen atoms in total. The van der Waals surface area contributed by atoms with Crippen LogP contribution in [0.25, 0.3) is 0 Å². The number of benzene rings is 2. The van der Waals surface area contributed by atoms with Crippen LogP contribution in [0.3, 0.4) is 0 Å². The number of carboxylic acid groups (broad SMARTS) is 1. The average Bonchev–Trinajstić information content (AvgIpc) is 3.20. The average molecular weight is 887 g/mol. The fourth-order valence-corrected chi connectivity index (χ4v) is 9.19. The van der Waals surface area contributed by atoms with E-state index in [1.807, 2.05) is 6.92 Å². The number of nitrogens with two attached hydrogens (primary N) is 2. The van der Waals surface area contributed by atoms with Crippen molar-refractivity contribution in [1.82, 2.24) is 31.9 Å². The van der Waals surface area contributed by atoms with Gasteiger partial charge in [0, 0.05) is 15.4 Å². The number of primary amides is 1. The summed E-state index contributed by atoms with van der Waals surface area (Å²) < 4.78 is -2.55. The van der Waals surface area contributed by atoms with Crippen molar-refractivity contribution in [2.75, 3.05) is 6.54 Å². The molecule has 12 N–H and O–H groups in total. The lowest BCUT2D eigenvalue weighted by molar-refractivity contribution is -0.141. The van der Waals surface area contributed by atoms with E-state index in [4.69, 9.17) is 11.5 Å². The molecule has 2 aromatic carbocycles. The zero-order chi connectivity index (χ0) is 45.7. The topological polar surface area (TPSA) is 301 Å². The highest BCUT2D eigenvalue weighted by Crippen LogP contribution is 2.47. The molecule has 0 aliphatic carbocycles. The number of carbonyl (C=O) groups is 8. The lowest BCUT2D eigenvalue weighted by atomic mass is 9.91. The van der Waals surface area contributed by atoms with Crippen molar-refractivity contribution in [2.45, 2.75) is 125 Å². The highest BCUT2D eigenvalue weighted by atomic mass is 33.1. The zero-order valence-electron chi connectivity index (χ0n) is 35.1. The van der Waals surface area contributed by atoms with Gasteiger partial charge in [-0.05, 0) is 63.8 Å². The Hall–Kier alpha value is -5.34. The molecule has 1 aliphatic heterocycles. The molecule has 1 unspecified atom stereocenters. The maximum absolute atomic E-state index is 14.6. The van der Waals surface area contributed by atoms with Crippen LogP contribution in [0.5, 0.6) is 5.75 Å². The van der Waals surface area contributed by atoms with Crippen LogP contribution in [-0.2, 0) is 44.8 Å². The molecular weight excluding hydrogens is 829 g/mol. The Balaban J connectivity index is 2.14. The highest BCUT2D eigenvalue weighted by Gasteiger charge is 2.46. The van der Waals surface area contributed by atoms with E-state index in [1.54, 1.807) is 77.1 Å². The van der Waals surface area contributed by atoms with E-state index in [-0.39, 0.29) is 18.6 Å². The van der Waals surface area contributed by atoms with Crippen LogP contribution in [0, 0.1) is 0 Å². The summed E-state index contributed by atoms with van der Waals surface area (Å²) in [6, 6.07) is 6.39. The van der Waals surface area contributed by atoms with Gasteiger partial charge in [-0.3, -0.25) is 38.4 Å². The first-order valence-corrected chi connectivity index (χ1v) is 22.0. The van der Waals surface area contributed by atoms with Crippen molar-refractivity contribution in [3.8, 4) is 5.75 Å². The fraction of sp³-hybridized carbons (Fsp3) is 0.512. The molecule has 1 saturated heterocycles. The van der Waals surface area contributed by atoms with Crippen molar-refractivity contribution < 1.29 is 48.6 Å². The normalized spacial score (nSPS) is 22.0. The van der Waals surface area contributed by atoms with Crippen LogP contribution < -0.4 is 43.4 Å². The molecule has 0 bridgehead atoms. The summed E-state index contributed by atoms with van der Waals surface area (Å²) in [5, 5.41) is 35.3. The van der Waals surface area contributed by atoms with Gasteiger partial charge in [0.1, 0.15) is 36.0 Å². The van der Waals surface area contributed by atoms with Crippen molar-refractivity contribution >= 4 is 68.9 Å². The second-order valence-electron chi connectivity index (χ2n) is 16.0. The number of rotatable bonds is 16. The van der Waals surface area contributed by atoms with Gasteiger partial charge < -0.3 is 53.6 Å². The SMILES string of the molecule is CCCC[C@H](NC(=O)C1NC(=O)[C@H](CC(=O)O)NC(=O)[C@@H]([C@H](C)c2ccccc2)NC(=O)[C@H](NC(=O)[C@@H](N)Cc2ccc(O)cc2)C(C)(C)SSC1(C)C)C(=O)NCC(N)=O. The molecule has 0 spiro atoms. The van der Waals surface area contributed by atoms with Gasteiger partial charge in [0.25, 0.3) is 0 Å². The van der Waals surface area contributed by atoms with Crippen LogP contribution in [0.2, 0.25) is 0 Å². The molecule has 1 fully saturated rings.